The number of ketones is 1. The normalized spacial score (nSPS) is 18.3. The summed E-state index contributed by atoms with van der Waals surface area (Å²) in [6.07, 6.45) is 0.343. The van der Waals surface area contributed by atoms with Gasteiger partial charge in [-0.15, -0.1) is 0 Å². The molecular weight excluding hydrogens is 387 g/mol. The van der Waals surface area contributed by atoms with Gasteiger partial charge in [0.1, 0.15) is 5.78 Å². The van der Waals surface area contributed by atoms with Crippen LogP contribution in [0.1, 0.15) is 61.3 Å². The minimum Gasteiger partial charge on any atom is -0.385 e. The Morgan fingerprint density at radius 2 is 1.23 bits per heavy atom. The summed E-state index contributed by atoms with van der Waals surface area (Å²) >= 11 is 0. The van der Waals surface area contributed by atoms with Crippen LogP contribution in [0.5, 0.6) is 0 Å². The molecule has 0 aromatic heterocycles. The molecule has 6 nitrogen and oxygen atoms in total. The number of hydrogen-bond acceptors (Lipinski definition) is 6. The first kappa shape index (κ1) is 26.2. The predicted octanol–water partition coefficient (Wildman–Crippen LogP) is 4.84. The van der Waals surface area contributed by atoms with Gasteiger partial charge in [0.15, 0.2) is 18.1 Å². The van der Waals surface area contributed by atoms with Crippen LogP contribution >= 0.6 is 7.60 Å². The molecule has 0 aliphatic heterocycles. The van der Waals surface area contributed by atoms with Crippen LogP contribution < -0.4 is 0 Å². The minimum absolute atomic E-state index is 0.0181. The number of rotatable bonds is 10. The maximum absolute atomic E-state index is 13.5. The summed E-state index contributed by atoms with van der Waals surface area (Å²) in [5, 5.41) is -0.159. The van der Waals surface area contributed by atoms with Crippen molar-refractivity contribution in [1.29, 1.82) is 0 Å². The van der Waals surface area contributed by atoms with E-state index in [1.165, 1.54) is 21.1 Å². The van der Waals surface area contributed by atoms with Gasteiger partial charge in [0.05, 0.1) is 0 Å². The second-order valence-corrected chi connectivity index (χ2v) is 17.9. The van der Waals surface area contributed by atoms with E-state index in [2.05, 4.69) is 41.5 Å². The lowest BCUT2D eigenvalue weighted by molar-refractivity contribution is -0.121. The Morgan fingerprint density at radius 3 is 1.46 bits per heavy atom. The van der Waals surface area contributed by atoms with Gasteiger partial charge in [-0.2, -0.15) is 0 Å². The molecule has 0 amide bonds. The average Bonchev–Trinajstić information content (AvgIpc) is 2.49. The Balaban J connectivity index is 6.23. The highest BCUT2D eigenvalue weighted by molar-refractivity contribution is 7.55. The second-order valence-electron chi connectivity index (χ2n) is 9.03. The Morgan fingerprint density at radius 1 is 0.885 bits per heavy atom. The maximum atomic E-state index is 13.5. The van der Waals surface area contributed by atoms with E-state index in [4.69, 9.17) is 17.9 Å². The predicted molar refractivity (Wildman–Crippen MR) is 112 cm³/mol. The molecule has 0 N–H and O–H groups in total. The van der Waals surface area contributed by atoms with E-state index in [0.717, 1.165) is 0 Å². The molecule has 0 radical (unpaired) electrons. The standard InChI is InChI=1S/C17H39O6PSi2/c1-14(18)12-13-17(24(19,20-8)21-9,22-25(10)15(2,3)4)23-26(11)16(5,6)7/h25-26H,12-13H2,1-11H3. The first-order valence-corrected chi connectivity index (χ1v) is 15.1. The van der Waals surface area contributed by atoms with Crippen LogP contribution in [-0.2, 0) is 27.3 Å². The highest BCUT2D eigenvalue weighted by atomic mass is 31.2. The third kappa shape index (κ3) is 6.96. The van der Waals surface area contributed by atoms with Crippen LogP contribution in [0, 0.1) is 0 Å². The van der Waals surface area contributed by atoms with E-state index in [9.17, 15) is 9.36 Å². The Labute approximate surface area is 163 Å². The van der Waals surface area contributed by atoms with Crippen molar-refractivity contribution in [3.05, 3.63) is 0 Å². The molecule has 0 aromatic carbocycles. The summed E-state index contributed by atoms with van der Waals surface area (Å²) in [5.41, 5.74) is -1.54. The topological polar surface area (TPSA) is 71.1 Å². The van der Waals surface area contributed by atoms with E-state index in [1.807, 2.05) is 13.1 Å². The van der Waals surface area contributed by atoms with Crippen molar-refractivity contribution >= 4 is 31.5 Å². The smallest absolute Gasteiger partial charge is 0.385 e. The van der Waals surface area contributed by atoms with Crippen molar-refractivity contribution in [1.82, 2.24) is 0 Å². The Bertz CT molecular complexity index is 482. The molecular formula is C17H39O6PSi2. The molecule has 0 saturated heterocycles. The van der Waals surface area contributed by atoms with Crippen molar-refractivity contribution in [2.24, 2.45) is 0 Å². The quantitative estimate of drug-likeness (QED) is 0.283. The van der Waals surface area contributed by atoms with Gasteiger partial charge in [-0.1, -0.05) is 41.5 Å². The molecule has 0 heterocycles. The highest BCUT2D eigenvalue weighted by Crippen LogP contribution is 2.63. The number of carbonyl (C=O) groups excluding carboxylic acids is 1. The van der Waals surface area contributed by atoms with Crippen LogP contribution in [0.2, 0.25) is 23.2 Å². The molecule has 9 heteroatoms. The van der Waals surface area contributed by atoms with Gasteiger partial charge in [0.25, 0.3) is 5.53 Å². The summed E-state index contributed by atoms with van der Waals surface area (Å²) in [6.45, 7) is 18.1. The molecule has 0 aliphatic rings. The molecule has 26 heavy (non-hydrogen) atoms. The fourth-order valence-electron chi connectivity index (χ4n) is 2.00. The minimum atomic E-state index is -3.75. The van der Waals surface area contributed by atoms with E-state index < -0.39 is 31.2 Å². The van der Waals surface area contributed by atoms with Crippen molar-refractivity contribution in [3.8, 4) is 0 Å². The van der Waals surface area contributed by atoms with Crippen LogP contribution in [0.4, 0.5) is 0 Å². The lowest BCUT2D eigenvalue weighted by Crippen LogP contribution is -2.48. The van der Waals surface area contributed by atoms with E-state index in [-0.39, 0.29) is 28.7 Å². The van der Waals surface area contributed by atoms with Crippen molar-refractivity contribution in [2.45, 2.75) is 90.0 Å². The Hall–Kier alpha value is 0.174. The van der Waals surface area contributed by atoms with E-state index in [1.54, 1.807) is 0 Å². The molecule has 0 aliphatic carbocycles. The van der Waals surface area contributed by atoms with Gasteiger partial charge < -0.3 is 22.7 Å². The van der Waals surface area contributed by atoms with Gasteiger partial charge in [-0.05, 0) is 30.1 Å². The highest BCUT2D eigenvalue weighted by Gasteiger charge is 2.56. The van der Waals surface area contributed by atoms with Crippen molar-refractivity contribution < 1.29 is 27.3 Å². The zero-order chi connectivity index (χ0) is 21.0. The molecule has 2 unspecified atom stereocenters. The lowest BCUT2D eigenvalue weighted by atomic mass is 10.2. The van der Waals surface area contributed by atoms with Crippen LogP contribution in [0.3, 0.4) is 0 Å². The average molecular weight is 427 g/mol. The van der Waals surface area contributed by atoms with E-state index in [0.29, 0.717) is 0 Å². The van der Waals surface area contributed by atoms with Crippen LogP contribution in [0.25, 0.3) is 0 Å². The van der Waals surface area contributed by atoms with Crippen molar-refractivity contribution in [2.75, 3.05) is 14.2 Å². The molecule has 0 aromatic rings. The summed E-state index contributed by atoms with van der Waals surface area (Å²) in [4.78, 5) is 11.7. The van der Waals surface area contributed by atoms with Crippen molar-refractivity contribution in [3.63, 3.8) is 0 Å². The summed E-state index contributed by atoms with van der Waals surface area (Å²) < 4.78 is 37.1. The monoisotopic (exact) mass is 426 g/mol. The summed E-state index contributed by atoms with van der Waals surface area (Å²) in [5.74, 6) is -0.0181. The summed E-state index contributed by atoms with van der Waals surface area (Å²) in [6, 6.07) is 0. The Kier molecular flexibility index (Phi) is 9.65. The molecule has 0 fully saturated rings. The largest absolute Gasteiger partial charge is 0.387 e. The molecule has 0 bridgehead atoms. The van der Waals surface area contributed by atoms with Gasteiger partial charge in [0, 0.05) is 27.1 Å². The molecule has 156 valence electrons. The lowest BCUT2D eigenvalue weighted by Gasteiger charge is -2.45. The number of Topliss-reactive ketones (excluding diaryl/α,β-unsaturated/α-hetero) is 1. The SMILES string of the molecule is COP(=O)(OC)C(CCC(C)=O)(O[SiH](C)C(C)(C)C)O[SiH](C)C(C)(C)C. The first-order chi connectivity index (χ1) is 11.5. The maximum Gasteiger partial charge on any atom is 0.387 e. The van der Waals surface area contributed by atoms with Gasteiger partial charge in [0.2, 0.25) is 0 Å². The van der Waals surface area contributed by atoms with Gasteiger partial charge >= 0.3 is 7.60 Å². The third-order valence-corrected chi connectivity index (χ3v) is 13.8. The fraction of sp³-hybridized carbons (Fsp3) is 0.941. The zero-order valence-corrected chi connectivity index (χ0v) is 21.7. The first-order valence-electron chi connectivity index (χ1n) is 9.11. The number of hydrogen-bond donors (Lipinski definition) is 0. The fourth-order valence-corrected chi connectivity index (χ4v) is 7.35. The molecule has 2 atom stereocenters. The molecule has 0 saturated carbocycles. The molecule has 0 rings (SSSR count). The van der Waals surface area contributed by atoms with Crippen LogP contribution in [0.15, 0.2) is 0 Å². The number of carbonyl (C=O) groups is 1. The molecule has 0 spiro atoms. The van der Waals surface area contributed by atoms with E-state index >= 15 is 0 Å². The zero-order valence-electron chi connectivity index (χ0n) is 18.5. The van der Waals surface area contributed by atoms with Crippen LogP contribution in [-0.4, -0.2) is 43.6 Å². The summed E-state index contributed by atoms with van der Waals surface area (Å²) in [7, 11) is -4.80. The van der Waals surface area contributed by atoms with Gasteiger partial charge in [-0.3, -0.25) is 4.57 Å². The second kappa shape index (κ2) is 9.59. The third-order valence-electron chi connectivity index (χ3n) is 4.85. The van der Waals surface area contributed by atoms with Gasteiger partial charge in [-0.25, -0.2) is 0 Å².